The van der Waals surface area contributed by atoms with E-state index < -0.39 is 12.0 Å². The Morgan fingerprint density at radius 3 is 2.43 bits per heavy atom. The maximum atomic E-state index is 12.9. The van der Waals surface area contributed by atoms with Gasteiger partial charge >= 0.3 is 5.97 Å². The highest BCUT2D eigenvalue weighted by Gasteiger charge is 2.62. The largest absolute Gasteiger partial charge is 0.480 e. The lowest BCUT2D eigenvalue weighted by Crippen LogP contribution is -2.58. The SMILES string of the molecule is C[C@H](CCC(=O)N1CCCC1C(=O)O)[C@H]1CCC2C3C(CC[C@@]21C)[C@@]1(C)CC[C@@H](O)CC1C[C@@H]3O. The molecule has 1 aliphatic heterocycles. The zero-order valence-electron chi connectivity index (χ0n) is 22.0. The summed E-state index contributed by atoms with van der Waals surface area (Å²) in [6.07, 6.45) is 10.6. The number of rotatable bonds is 5. The summed E-state index contributed by atoms with van der Waals surface area (Å²) in [5, 5.41) is 31.2. The molecule has 4 saturated carbocycles. The minimum atomic E-state index is -0.874. The van der Waals surface area contributed by atoms with E-state index >= 15 is 0 Å². The minimum Gasteiger partial charge on any atom is -0.480 e. The predicted octanol–water partition coefficient (Wildman–Crippen LogP) is 4.47. The molecule has 6 nitrogen and oxygen atoms in total. The Morgan fingerprint density at radius 1 is 0.971 bits per heavy atom. The summed E-state index contributed by atoms with van der Waals surface area (Å²) in [6.45, 7) is 7.80. The van der Waals surface area contributed by atoms with Gasteiger partial charge in [-0.1, -0.05) is 20.8 Å². The van der Waals surface area contributed by atoms with Gasteiger partial charge in [0.25, 0.3) is 0 Å². The van der Waals surface area contributed by atoms with E-state index in [-0.39, 0.29) is 28.9 Å². The van der Waals surface area contributed by atoms with Crippen LogP contribution in [0.15, 0.2) is 0 Å². The average Bonchev–Trinajstić information content (AvgIpc) is 3.43. The topological polar surface area (TPSA) is 98.1 Å². The van der Waals surface area contributed by atoms with E-state index in [4.69, 9.17) is 0 Å². The number of nitrogens with zero attached hydrogens (tertiary/aromatic N) is 1. The third-order valence-corrected chi connectivity index (χ3v) is 12.1. The molecule has 4 aliphatic carbocycles. The van der Waals surface area contributed by atoms with Crippen LogP contribution in [-0.4, -0.2) is 56.9 Å². The highest BCUT2D eigenvalue weighted by atomic mass is 16.4. The predicted molar refractivity (Wildman–Crippen MR) is 133 cm³/mol. The van der Waals surface area contributed by atoms with Crippen molar-refractivity contribution in [1.82, 2.24) is 4.90 Å². The smallest absolute Gasteiger partial charge is 0.326 e. The van der Waals surface area contributed by atoms with Crippen molar-refractivity contribution < 1.29 is 24.9 Å². The number of aliphatic hydroxyl groups excluding tert-OH is 2. The van der Waals surface area contributed by atoms with Gasteiger partial charge in [0.1, 0.15) is 6.04 Å². The number of aliphatic hydroxyl groups is 2. The monoisotopic (exact) mass is 489 g/mol. The average molecular weight is 490 g/mol. The lowest BCUT2D eigenvalue weighted by molar-refractivity contribution is -0.174. The number of amides is 1. The molecule has 1 heterocycles. The van der Waals surface area contributed by atoms with E-state index in [0.717, 1.165) is 38.5 Å². The fraction of sp³-hybridized carbons (Fsp3) is 0.931. The molecular formula is C29H47NO5. The molecule has 3 N–H and O–H groups in total. The first-order chi connectivity index (χ1) is 16.6. The summed E-state index contributed by atoms with van der Waals surface area (Å²) in [4.78, 5) is 26.0. The van der Waals surface area contributed by atoms with Gasteiger partial charge in [0, 0.05) is 13.0 Å². The van der Waals surface area contributed by atoms with E-state index in [2.05, 4.69) is 20.8 Å². The van der Waals surface area contributed by atoms with Crippen LogP contribution >= 0.6 is 0 Å². The number of hydrogen-bond donors (Lipinski definition) is 3. The van der Waals surface area contributed by atoms with Crippen molar-refractivity contribution in [3.63, 3.8) is 0 Å². The quantitative estimate of drug-likeness (QED) is 0.529. The molecule has 11 atom stereocenters. The van der Waals surface area contributed by atoms with Crippen LogP contribution in [0.4, 0.5) is 0 Å². The Morgan fingerprint density at radius 2 is 1.69 bits per heavy atom. The first-order valence-electron chi connectivity index (χ1n) is 14.4. The summed E-state index contributed by atoms with van der Waals surface area (Å²) < 4.78 is 0. The Bertz CT molecular complexity index is 832. The molecule has 0 spiro atoms. The number of carbonyl (C=O) groups excluding carboxylic acids is 1. The number of hydrogen-bond acceptors (Lipinski definition) is 4. The van der Waals surface area contributed by atoms with Crippen LogP contribution in [-0.2, 0) is 9.59 Å². The van der Waals surface area contributed by atoms with Gasteiger partial charge in [0.2, 0.25) is 5.91 Å². The number of likely N-dealkylation sites (tertiary alicyclic amines) is 1. The first-order valence-corrected chi connectivity index (χ1v) is 14.4. The van der Waals surface area contributed by atoms with Crippen LogP contribution in [0.5, 0.6) is 0 Å². The van der Waals surface area contributed by atoms with E-state index in [1.807, 2.05) is 0 Å². The molecular weight excluding hydrogens is 442 g/mol. The fourth-order valence-electron chi connectivity index (χ4n) is 10.2. The van der Waals surface area contributed by atoms with Crippen LogP contribution < -0.4 is 0 Å². The van der Waals surface area contributed by atoms with Crippen molar-refractivity contribution in [3.05, 3.63) is 0 Å². The van der Waals surface area contributed by atoms with Gasteiger partial charge in [0.05, 0.1) is 12.2 Å². The van der Waals surface area contributed by atoms with E-state index in [1.165, 1.54) is 25.7 Å². The van der Waals surface area contributed by atoms with Crippen LogP contribution in [0.1, 0.15) is 97.8 Å². The molecule has 5 fully saturated rings. The first kappa shape index (κ1) is 25.5. The number of carbonyl (C=O) groups is 2. The molecule has 0 aromatic rings. The van der Waals surface area contributed by atoms with Crippen LogP contribution in [0.3, 0.4) is 0 Å². The molecule has 198 valence electrons. The summed E-state index contributed by atoms with van der Waals surface area (Å²) in [5.41, 5.74) is 0.455. The van der Waals surface area contributed by atoms with Crippen LogP contribution in [0.2, 0.25) is 0 Å². The third kappa shape index (κ3) is 4.15. The van der Waals surface area contributed by atoms with Gasteiger partial charge in [0.15, 0.2) is 0 Å². The van der Waals surface area contributed by atoms with Crippen molar-refractivity contribution in [2.45, 2.75) is 116 Å². The van der Waals surface area contributed by atoms with Gasteiger partial charge in [-0.2, -0.15) is 0 Å². The minimum absolute atomic E-state index is 0.00585. The number of fused-ring (bicyclic) bond motifs is 5. The van der Waals surface area contributed by atoms with Crippen molar-refractivity contribution in [3.8, 4) is 0 Å². The second kappa shape index (κ2) is 9.31. The lowest BCUT2D eigenvalue weighted by Gasteiger charge is -2.62. The van der Waals surface area contributed by atoms with Crippen molar-refractivity contribution >= 4 is 11.9 Å². The van der Waals surface area contributed by atoms with Crippen molar-refractivity contribution in [1.29, 1.82) is 0 Å². The normalized spacial score (nSPS) is 48.1. The Balaban J connectivity index is 1.26. The molecule has 0 bridgehead atoms. The summed E-state index contributed by atoms with van der Waals surface area (Å²) >= 11 is 0. The number of carboxylic acid groups (broad SMARTS) is 1. The molecule has 0 radical (unpaired) electrons. The summed E-state index contributed by atoms with van der Waals surface area (Å²) in [7, 11) is 0. The number of aliphatic carboxylic acids is 1. The second-order valence-corrected chi connectivity index (χ2v) is 13.6. The maximum absolute atomic E-state index is 12.9. The highest BCUT2D eigenvalue weighted by molar-refractivity contribution is 5.84. The van der Waals surface area contributed by atoms with Gasteiger partial charge in [-0.15, -0.1) is 0 Å². The molecule has 35 heavy (non-hydrogen) atoms. The second-order valence-electron chi connectivity index (χ2n) is 13.6. The Labute approximate surface area is 210 Å². The van der Waals surface area contributed by atoms with Gasteiger partial charge < -0.3 is 20.2 Å². The van der Waals surface area contributed by atoms with Crippen molar-refractivity contribution in [2.24, 2.45) is 46.3 Å². The van der Waals surface area contributed by atoms with Gasteiger partial charge in [-0.3, -0.25) is 4.79 Å². The standard InChI is InChI=1S/C29H47NO5/c1-17(6-9-25(33)30-14-4-5-23(30)27(34)35)20-7-8-21-26-22(11-13-29(20,21)3)28(2)12-10-19(31)15-18(28)16-24(26)32/h17-24,26,31-32H,4-16H2,1-3H3,(H,34,35)/t17-,18?,19-,20-,21?,22?,23?,24+,26?,28+,29-/m1/s1. The zero-order chi connectivity index (χ0) is 25.1. The lowest BCUT2D eigenvalue weighted by atomic mass is 9.43. The van der Waals surface area contributed by atoms with E-state index in [0.29, 0.717) is 54.9 Å². The van der Waals surface area contributed by atoms with Gasteiger partial charge in [-0.05, 0) is 117 Å². The van der Waals surface area contributed by atoms with Crippen LogP contribution in [0.25, 0.3) is 0 Å². The Hall–Kier alpha value is -1.14. The summed E-state index contributed by atoms with van der Waals surface area (Å²) in [6, 6.07) is -0.639. The molecule has 1 amide bonds. The Kier molecular flexibility index (Phi) is 6.78. The third-order valence-electron chi connectivity index (χ3n) is 12.1. The van der Waals surface area contributed by atoms with Crippen molar-refractivity contribution in [2.75, 3.05) is 6.54 Å². The zero-order valence-corrected chi connectivity index (χ0v) is 22.0. The van der Waals surface area contributed by atoms with E-state index in [9.17, 15) is 24.9 Å². The van der Waals surface area contributed by atoms with Gasteiger partial charge in [-0.25, -0.2) is 4.79 Å². The molecule has 0 aromatic carbocycles. The maximum Gasteiger partial charge on any atom is 0.326 e. The fourth-order valence-corrected chi connectivity index (χ4v) is 10.2. The molecule has 5 unspecified atom stereocenters. The summed E-state index contributed by atoms with van der Waals surface area (Å²) in [5.74, 6) is 2.01. The molecule has 6 heteroatoms. The number of carboxylic acids is 1. The molecule has 5 aliphatic rings. The van der Waals surface area contributed by atoms with E-state index in [1.54, 1.807) is 4.90 Å². The molecule has 0 aromatic heterocycles. The molecule has 5 rings (SSSR count). The van der Waals surface area contributed by atoms with Crippen LogP contribution in [0, 0.1) is 46.3 Å². The molecule has 1 saturated heterocycles. The highest BCUT2D eigenvalue weighted by Crippen LogP contribution is 2.68.